The third kappa shape index (κ3) is 3.48. The molecule has 3 unspecified atom stereocenters. The van der Waals surface area contributed by atoms with Gasteiger partial charge in [0.25, 0.3) is 0 Å². The molecule has 2 fully saturated rings. The van der Waals surface area contributed by atoms with Crippen LogP contribution in [0.3, 0.4) is 0 Å². The summed E-state index contributed by atoms with van der Waals surface area (Å²) >= 11 is 7.73. The van der Waals surface area contributed by atoms with Crippen LogP contribution in [-0.2, 0) is 9.59 Å². The van der Waals surface area contributed by atoms with Gasteiger partial charge in [0.2, 0.25) is 5.91 Å². The van der Waals surface area contributed by atoms with Gasteiger partial charge in [-0.05, 0) is 18.6 Å². The Labute approximate surface area is 143 Å². The van der Waals surface area contributed by atoms with Crippen molar-refractivity contribution < 1.29 is 19.1 Å². The van der Waals surface area contributed by atoms with E-state index < -0.39 is 5.97 Å². The van der Waals surface area contributed by atoms with Crippen LogP contribution in [0.25, 0.3) is 0 Å². The molecule has 0 spiro atoms. The molecule has 3 rings (SSSR count). The van der Waals surface area contributed by atoms with E-state index in [4.69, 9.17) is 16.7 Å². The minimum Gasteiger partial charge on any atom is -0.481 e. The highest BCUT2D eigenvalue weighted by molar-refractivity contribution is 7.99. The van der Waals surface area contributed by atoms with Crippen molar-refractivity contribution in [3.8, 4) is 0 Å². The Morgan fingerprint density at radius 3 is 2.91 bits per heavy atom. The number of carbonyl (C=O) groups excluding carboxylic acids is 1. The van der Waals surface area contributed by atoms with E-state index in [-0.39, 0.29) is 36.0 Å². The first-order valence-electron chi connectivity index (χ1n) is 7.53. The maximum absolute atomic E-state index is 14.0. The lowest BCUT2D eigenvalue weighted by Crippen LogP contribution is -2.47. The Morgan fingerprint density at radius 1 is 1.43 bits per heavy atom. The maximum atomic E-state index is 14.0. The van der Waals surface area contributed by atoms with Crippen molar-refractivity contribution in [2.75, 3.05) is 18.1 Å². The predicted molar refractivity (Wildman–Crippen MR) is 87.3 cm³/mol. The number of carboxylic acid groups (broad SMARTS) is 1. The molecule has 1 saturated carbocycles. The Morgan fingerprint density at radius 2 is 2.22 bits per heavy atom. The van der Waals surface area contributed by atoms with E-state index in [1.807, 2.05) is 0 Å². The molecule has 2 aliphatic rings. The zero-order valence-corrected chi connectivity index (χ0v) is 13.9. The van der Waals surface area contributed by atoms with E-state index in [1.165, 1.54) is 6.07 Å². The second kappa shape index (κ2) is 6.69. The van der Waals surface area contributed by atoms with Gasteiger partial charge in [0, 0.05) is 40.5 Å². The zero-order valence-electron chi connectivity index (χ0n) is 12.4. The van der Waals surface area contributed by atoms with Gasteiger partial charge in [-0.25, -0.2) is 4.39 Å². The molecule has 0 radical (unpaired) electrons. The fourth-order valence-electron chi connectivity index (χ4n) is 3.18. The molecule has 1 amide bonds. The van der Waals surface area contributed by atoms with Crippen LogP contribution >= 0.6 is 23.4 Å². The van der Waals surface area contributed by atoms with Crippen molar-refractivity contribution in [2.45, 2.75) is 24.8 Å². The minimum absolute atomic E-state index is 0.0451. The number of thioether (sulfide) groups is 1. The molecule has 124 valence electrons. The van der Waals surface area contributed by atoms with Crippen LogP contribution < -0.4 is 0 Å². The van der Waals surface area contributed by atoms with Crippen molar-refractivity contribution in [1.29, 1.82) is 0 Å². The Balaban J connectivity index is 1.73. The first-order valence-corrected chi connectivity index (χ1v) is 9.06. The minimum atomic E-state index is -0.903. The van der Waals surface area contributed by atoms with Crippen LogP contribution in [0.1, 0.15) is 24.3 Å². The summed E-state index contributed by atoms with van der Waals surface area (Å²) in [5.74, 6) is -0.398. The van der Waals surface area contributed by atoms with Crippen molar-refractivity contribution in [2.24, 2.45) is 5.92 Å². The molecular formula is C16H17ClFNO3S. The topological polar surface area (TPSA) is 57.6 Å². The van der Waals surface area contributed by atoms with Crippen molar-refractivity contribution in [1.82, 2.24) is 4.90 Å². The first kappa shape index (κ1) is 16.6. The Bertz CT molecular complexity index is 622. The van der Waals surface area contributed by atoms with E-state index in [9.17, 15) is 14.0 Å². The van der Waals surface area contributed by atoms with Gasteiger partial charge in [0.1, 0.15) is 5.82 Å². The van der Waals surface area contributed by atoms with Gasteiger partial charge >= 0.3 is 5.97 Å². The number of carboxylic acids is 1. The first-order chi connectivity index (χ1) is 11.0. The average Bonchev–Trinajstić information content (AvgIpc) is 3.26. The summed E-state index contributed by atoms with van der Waals surface area (Å²) in [4.78, 5) is 25.4. The number of hydrogen-bond donors (Lipinski definition) is 1. The summed E-state index contributed by atoms with van der Waals surface area (Å²) in [5.41, 5.74) is 0.411. The second-order valence-corrected chi connectivity index (χ2v) is 7.50. The van der Waals surface area contributed by atoms with Crippen LogP contribution in [0.2, 0.25) is 5.02 Å². The molecule has 0 aromatic heterocycles. The van der Waals surface area contributed by atoms with Crippen molar-refractivity contribution in [3.05, 3.63) is 34.6 Å². The molecular weight excluding hydrogens is 341 g/mol. The number of rotatable bonds is 4. The molecule has 3 atom stereocenters. The van der Waals surface area contributed by atoms with Crippen LogP contribution in [0.15, 0.2) is 18.2 Å². The number of aliphatic carboxylic acids is 1. The summed E-state index contributed by atoms with van der Waals surface area (Å²) < 4.78 is 14.0. The van der Waals surface area contributed by atoms with Crippen molar-refractivity contribution >= 4 is 35.2 Å². The molecule has 1 heterocycles. The largest absolute Gasteiger partial charge is 0.481 e. The standard InChI is InChI=1S/C16H17ClFNO3S/c17-12-2-1-3-13(18)15(12)10-7-11(10)16(22)19-4-5-23-8-9(19)6-14(20)21/h1-3,9-11H,4-8H2,(H,20,21). The monoisotopic (exact) mass is 357 g/mol. The maximum Gasteiger partial charge on any atom is 0.305 e. The van der Waals surface area contributed by atoms with Gasteiger partial charge in [-0.1, -0.05) is 17.7 Å². The second-order valence-electron chi connectivity index (χ2n) is 5.94. The van der Waals surface area contributed by atoms with Crippen LogP contribution in [-0.4, -0.2) is 46.0 Å². The third-order valence-electron chi connectivity index (χ3n) is 4.40. The van der Waals surface area contributed by atoms with Gasteiger partial charge in [-0.15, -0.1) is 0 Å². The lowest BCUT2D eigenvalue weighted by Gasteiger charge is -2.35. The lowest BCUT2D eigenvalue weighted by atomic mass is 10.1. The molecule has 1 N–H and O–H groups in total. The van der Waals surface area contributed by atoms with Crippen molar-refractivity contribution in [3.63, 3.8) is 0 Å². The van der Waals surface area contributed by atoms with E-state index in [0.717, 1.165) is 5.75 Å². The summed E-state index contributed by atoms with van der Waals surface area (Å²) in [5, 5.41) is 9.36. The van der Waals surface area contributed by atoms with Gasteiger partial charge in [0.05, 0.1) is 12.5 Å². The van der Waals surface area contributed by atoms with E-state index in [0.29, 0.717) is 29.3 Å². The molecule has 1 aromatic rings. The SMILES string of the molecule is O=C(O)CC1CSCCN1C(=O)C1CC1c1c(F)cccc1Cl. The average molecular weight is 358 g/mol. The van der Waals surface area contributed by atoms with E-state index in [2.05, 4.69) is 0 Å². The number of amides is 1. The van der Waals surface area contributed by atoms with E-state index in [1.54, 1.807) is 28.8 Å². The highest BCUT2D eigenvalue weighted by atomic mass is 35.5. The van der Waals surface area contributed by atoms with Gasteiger partial charge in [0.15, 0.2) is 0 Å². The quantitative estimate of drug-likeness (QED) is 0.900. The summed E-state index contributed by atoms with van der Waals surface area (Å²) in [6.07, 6.45) is 0.527. The molecule has 23 heavy (non-hydrogen) atoms. The lowest BCUT2D eigenvalue weighted by molar-refractivity contribution is -0.140. The highest BCUT2D eigenvalue weighted by Gasteiger charge is 2.49. The number of hydrogen-bond acceptors (Lipinski definition) is 3. The Hall–Kier alpha value is -1.27. The molecule has 1 aromatic carbocycles. The fraction of sp³-hybridized carbons (Fsp3) is 0.500. The molecule has 7 heteroatoms. The molecule has 1 aliphatic carbocycles. The smallest absolute Gasteiger partial charge is 0.305 e. The van der Waals surface area contributed by atoms with Gasteiger partial charge in [-0.2, -0.15) is 11.8 Å². The molecule has 0 bridgehead atoms. The highest BCUT2D eigenvalue weighted by Crippen LogP contribution is 2.51. The Kier molecular flexibility index (Phi) is 4.82. The normalized spacial score (nSPS) is 26.9. The molecule has 1 aliphatic heterocycles. The van der Waals surface area contributed by atoms with E-state index >= 15 is 0 Å². The number of benzene rings is 1. The summed E-state index contributed by atoms with van der Waals surface area (Å²) in [6.45, 7) is 0.551. The molecule has 4 nitrogen and oxygen atoms in total. The summed E-state index contributed by atoms with van der Waals surface area (Å²) in [6, 6.07) is 4.25. The predicted octanol–water partition coefficient (Wildman–Crippen LogP) is 3.00. The van der Waals surface area contributed by atoms with Gasteiger partial charge in [-0.3, -0.25) is 9.59 Å². The molecule has 1 saturated heterocycles. The number of halogens is 2. The summed E-state index contributed by atoms with van der Waals surface area (Å²) in [7, 11) is 0. The van der Waals surface area contributed by atoms with Gasteiger partial charge < -0.3 is 10.0 Å². The number of carbonyl (C=O) groups is 2. The van der Waals surface area contributed by atoms with Crippen LogP contribution in [0.4, 0.5) is 4.39 Å². The third-order valence-corrected chi connectivity index (χ3v) is 5.82. The fourth-order valence-corrected chi connectivity index (χ4v) is 4.55. The zero-order chi connectivity index (χ0) is 16.6. The van der Waals surface area contributed by atoms with Crippen LogP contribution in [0, 0.1) is 11.7 Å². The van der Waals surface area contributed by atoms with Crippen LogP contribution in [0.5, 0.6) is 0 Å². The number of nitrogens with zero attached hydrogens (tertiary/aromatic N) is 1.